The number of hydrogen-bond acceptors (Lipinski definition) is 6. The minimum atomic E-state index is -0.225. The van der Waals surface area contributed by atoms with Crippen molar-refractivity contribution >= 4 is 34.5 Å². The maximum absolute atomic E-state index is 13.1. The van der Waals surface area contributed by atoms with Crippen LogP contribution in [0.5, 0.6) is 0 Å². The summed E-state index contributed by atoms with van der Waals surface area (Å²) in [6, 6.07) is 15.1. The standard InChI is InChI=1S/C21H20N6O2S/c1-14-12-17(26-25-14)23-18(28)13-30-21-24-19-16(8-5-10-22-19)20(29)27(21)11-9-15-6-3-2-4-7-15/h2-8,10,12H,9,11,13H2,1H3,(H2,23,25,26,28). The van der Waals surface area contributed by atoms with Gasteiger partial charge < -0.3 is 5.32 Å². The average Bonchev–Trinajstić information content (AvgIpc) is 3.17. The number of benzene rings is 1. The summed E-state index contributed by atoms with van der Waals surface area (Å²) in [6.45, 7) is 2.32. The molecule has 4 aromatic rings. The van der Waals surface area contributed by atoms with E-state index >= 15 is 0 Å². The molecule has 0 saturated carbocycles. The molecule has 3 heterocycles. The highest BCUT2D eigenvalue weighted by Gasteiger charge is 2.14. The molecule has 3 aromatic heterocycles. The van der Waals surface area contributed by atoms with Crippen LogP contribution in [0.4, 0.5) is 5.82 Å². The summed E-state index contributed by atoms with van der Waals surface area (Å²) in [4.78, 5) is 34.1. The van der Waals surface area contributed by atoms with Crippen molar-refractivity contribution in [2.45, 2.75) is 25.0 Å². The van der Waals surface area contributed by atoms with Crippen LogP contribution in [0.25, 0.3) is 11.0 Å². The predicted molar refractivity (Wildman–Crippen MR) is 117 cm³/mol. The fourth-order valence-corrected chi connectivity index (χ4v) is 3.83. The molecule has 0 aliphatic carbocycles. The number of amides is 1. The summed E-state index contributed by atoms with van der Waals surface area (Å²) in [5, 5.41) is 10.4. The van der Waals surface area contributed by atoms with E-state index in [1.165, 1.54) is 11.8 Å². The van der Waals surface area contributed by atoms with Gasteiger partial charge in [0.2, 0.25) is 5.91 Å². The lowest BCUT2D eigenvalue weighted by Crippen LogP contribution is -2.25. The molecule has 0 aliphatic rings. The van der Waals surface area contributed by atoms with Gasteiger partial charge in [0.05, 0.1) is 11.1 Å². The molecule has 4 rings (SSSR count). The molecule has 0 spiro atoms. The zero-order valence-corrected chi connectivity index (χ0v) is 17.1. The van der Waals surface area contributed by atoms with Crippen LogP contribution in [0.15, 0.2) is 64.7 Å². The fourth-order valence-electron chi connectivity index (χ4n) is 3.02. The van der Waals surface area contributed by atoms with Crippen molar-refractivity contribution in [3.63, 3.8) is 0 Å². The van der Waals surface area contributed by atoms with Gasteiger partial charge in [0.1, 0.15) is 0 Å². The molecule has 0 saturated heterocycles. The number of aryl methyl sites for hydroxylation is 2. The predicted octanol–water partition coefficient (Wildman–Crippen LogP) is 2.80. The van der Waals surface area contributed by atoms with E-state index < -0.39 is 0 Å². The molecule has 0 radical (unpaired) electrons. The second-order valence-electron chi connectivity index (χ2n) is 6.73. The summed E-state index contributed by atoms with van der Waals surface area (Å²) in [7, 11) is 0. The molecule has 0 fully saturated rings. The molecule has 2 N–H and O–H groups in total. The van der Waals surface area contributed by atoms with Gasteiger partial charge in [0.15, 0.2) is 16.6 Å². The monoisotopic (exact) mass is 420 g/mol. The largest absolute Gasteiger partial charge is 0.308 e. The maximum Gasteiger partial charge on any atom is 0.263 e. The number of aromatic amines is 1. The van der Waals surface area contributed by atoms with E-state index in [2.05, 4.69) is 25.5 Å². The Bertz CT molecular complexity index is 1240. The first-order valence-corrected chi connectivity index (χ1v) is 10.4. The van der Waals surface area contributed by atoms with Crippen LogP contribution in [0.1, 0.15) is 11.3 Å². The summed E-state index contributed by atoms with van der Waals surface area (Å²) >= 11 is 1.21. The van der Waals surface area contributed by atoms with Crippen molar-refractivity contribution in [2.24, 2.45) is 0 Å². The second kappa shape index (κ2) is 8.91. The van der Waals surface area contributed by atoms with Crippen molar-refractivity contribution in [2.75, 3.05) is 11.1 Å². The fraction of sp³-hybridized carbons (Fsp3) is 0.190. The van der Waals surface area contributed by atoms with Crippen molar-refractivity contribution in [1.29, 1.82) is 0 Å². The van der Waals surface area contributed by atoms with E-state index in [0.29, 0.717) is 35.0 Å². The number of hydrogen-bond donors (Lipinski definition) is 2. The van der Waals surface area contributed by atoms with E-state index in [1.54, 1.807) is 29.0 Å². The van der Waals surface area contributed by atoms with Gasteiger partial charge in [-0.15, -0.1) is 0 Å². The van der Waals surface area contributed by atoms with Gasteiger partial charge in [0.25, 0.3) is 5.56 Å². The van der Waals surface area contributed by atoms with Crippen LogP contribution in [0.3, 0.4) is 0 Å². The van der Waals surface area contributed by atoms with Gasteiger partial charge in [-0.05, 0) is 31.0 Å². The smallest absolute Gasteiger partial charge is 0.263 e. The lowest BCUT2D eigenvalue weighted by atomic mass is 10.1. The van der Waals surface area contributed by atoms with Crippen LogP contribution in [-0.2, 0) is 17.8 Å². The lowest BCUT2D eigenvalue weighted by molar-refractivity contribution is -0.113. The van der Waals surface area contributed by atoms with Gasteiger partial charge in [-0.1, -0.05) is 42.1 Å². The third-order valence-electron chi connectivity index (χ3n) is 4.47. The molecular formula is C21H20N6O2S. The number of nitrogens with one attached hydrogen (secondary N) is 2. The number of thioether (sulfide) groups is 1. The number of carbonyl (C=O) groups is 1. The number of anilines is 1. The van der Waals surface area contributed by atoms with E-state index in [9.17, 15) is 9.59 Å². The topological polar surface area (TPSA) is 106 Å². The van der Waals surface area contributed by atoms with Crippen LogP contribution >= 0.6 is 11.8 Å². The van der Waals surface area contributed by atoms with Crippen LogP contribution < -0.4 is 10.9 Å². The van der Waals surface area contributed by atoms with Gasteiger partial charge in [-0.2, -0.15) is 5.10 Å². The summed E-state index contributed by atoms with van der Waals surface area (Å²) in [5.41, 5.74) is 2.20. The molecule has 152 valence electrons. The molecule has 0 bridgehead atoms. The third kappa shape index (κ3) is 4.57. The quantitative estimate of drug-likeness (QED) is 0.352. The Morgan fingerprint density at radius 1 is 1.20 bits per heavy atom. The van der Waals surface area contributed by atoms with Gasteiger partial charge >= 0.3 is 0 Å². The summed E-state index contributed by atoms with van der Waals surface area (Å²) in [5.74, 6) is 0.339. The molecule has 8 nitrogen and oxygen atoms in total. The maximum atomic E-state index is 13.1. The van der Waals surface area contributed by atoms with E-state index in [1.807, 2.05) is 37.3 Å². The Labute approximate surface area is 176 Å². The van der Waals surface area contributed by atoms with Crippen molar-refractivity contribution < 1.29 is 4.79 Å². The molecule has 0 atom stereocenters. The first kappa shape index (κ1) is 19.8. The molecule has 0 aliphatic heterocycles. The molecule has 1 aromatic carbocycles. The molecule has 30 heavy (non-hydrogen) atoms. The molecule has 0 unspecified atom stereocenters. The van der Waals surface area contributed by atoms with Gasteiger partial charge in [0, 0.05) is 24.5 Å². The third-order valence-corrected chi connectivity index (χ3v) is 5.44. The number of fused-ring (bicyclic) bond motifs is 1. The minimum Gasteiger partial charge on any atom is -0.308 e. The highest BCUT2D eigenvalue weighted by Crippen LogP contribution is 2.18. The highest BCUT2D eigenvalue weighted by atomic mass is 32.2. The van der Waals surface area contributed by atoms with Gasteiger partial charge in [-0.25, -0.2) is 9.97 Å². The lowest BCUT2D eigenvalue weighted by Gasteiger charge is -2.12. The zero-order chi connectivity index (χ0) is 20.9. The van der Waals surface area contributed by atoms with Crippen LogP contribution in [0, 0.1) is 6.92 Å². The number of rotatable bonds is 7. The van der Waals surface area contributed by atoms with Crippen molar-refractivity contribution in [3.05, 3.63) is 76.3 Å². The Balaban J connectivity index is 1.56. The number of H-pyrrole nitrogens is 1. The molecular weight excluding hydrogens is 400 g/mol. The first-order chi connectivity index (χ1) is 14.6. The number of aromatic nitrogens is 5. The Morgan fingerprint density at radius 2 is 2.03 bits per heavy atom. The van der Waals surface area contributed by atoms with Crippen molar-refractivity contribution in [3.8, 4) is 0 Å². The molecule has 9 heteroatoms. The summed E-state index contributed by atoms with van der Waals surface area (Å²) in [6.07, 6.45) is 2.28. The van der Waals surface area contributed by atoms with Crippen molar-refractivity contribution in [1.82, 2.24) is 24.7 Å². The Hall–Kier alpha value is -3.46. The van der Waals surface area contributed by atoms with E-state index in [-0.39, 0.29) is 17.2 Å². The van der Waals surface area contributed by atoms with Crippen LogP contribution in [-0.4, -0.2) is 36.4 Å². The van der Waals surface area contributed by atoms with Gasteiger partial charge in [-0.3, -0.25) is 19.3 Å². The van der Waals surface area contributed by atoms with Crippen LogP contribution in [0.2, 0.25) is 0 Å². The minimum absolute atomic E-state index is 0.0992. The number of nitrogens with zero attached hydrogens (tertiary/aromatic N) is 4. The highest BCUT2D eigenvalue weighted by molar-refractivity contribution is 7.99. The molecule has 1 amide bonds. The Kier molecular flexibility index (Phi) is 5.89. The van der Waals surface area contributed by atoms with E-state index in [0.717, 1.165) is 11.3 Å². The Morgan fingerprint density at radius 3 is 2.80 bits per heavy atom. The first-order valence-electron chi connectivity index (χ1n) is 9.44. The average molecular weight is 420 g/mol. The normalized spacial score (nSPS) is 11.0. The number of carbonyl (C=O) groups excluding carboxylic acids is 1. The van der Waals surface area contributed by atoms with E-state index in [4.69, 9.17) is 0 Å². The summed E-state index contributed by atoms with van der Waals surface area (Å²) < 4.78 is 1.62. The second-order valence-corrected chi connectivity index (χ2v) is 7.68. The zero-order valence-electron chi connectivity index (χ0n) is 16.3. The SMILES string of the molecule is Cc1cc(NC(=O)CSc2nc3ncccc3c(=O)n2CCc2ccccc2)n[nH]1. The number of pyridine rings is 1.